The second-order valence-electron chi connectivity index (χ2n) is 2.83. The largest absolute Gasteiger partial charge is 0.481 e. The summed E-state index contributed by atoms with van der Waals surface area (Å²) in [7, 11) is 0. The van der Waals surface area contributed by atoms with E-state index in [1.807, 2.05) is 0 Å². The molecule has 0 amide bonds. The molecule has 0 radical (unpaired) electrons. The summed E-state index contributed by atoms with van der Waals surface area (Å²) in [5.74, 6) is -2.32. The molecule has 0 saturated heterocycles. The van der Waals surface area contributed by atoms with E-state index in [4.69, 9.17) is 15.3 Å². The summed E-state index contributed by atoms with van der Waals surface area (Å²) >= 11 is 0. The van der Waals surface area contributed by atoms with Crippen molar-refractivity contribution in [1.29, 1.82) is 0 Å². The van der Waals surface area contributed by atoms with Gasteiger partial charge in [-0.1, -0.05) is 0 Å². The number of rotatable bonds is 5. The maximum absolute atomic E-state index is 10.3. The summed E-state index contributed by atoms with van der Waals surface area (Å²) < 4.78 is 0. The minimum atomic E-state index is -1.81. The van der Waals surface area contributed by atoms with Gasteiger partial charge in [-0.15, -0.1) is 0 Å². The van der Waals surface area contributed by atoms with Gasteiger partial charge in [0.15, 0.2) is 5.60 Å². The summed E-state index contributed by atoms with van der Waals surface area (Å²) in [5, 5.41) is 25.7. The topological polar surface area (TPSA) is 94.8 Å². The standard InChI is InChI=1S/C7H12O5/c1-7(12,6(10)11)4-2-3-5(8)9/h12H,2-4H2,1H3,(H,8,9)(H,10,11). The lowest BCUT2D eigenvalue weighted by Gasteiger charge is -2.16. The number of carbonyl (C=O) groups is 2. The van der Waals surface area contributed by atoms with Crippen LogP contribution in [0, 0.1) is 0 Å². The maximum atomic E-state index is 10.3. The first kappa shape index (κ1) is 10.9. The Labute approximate surface area is 69.6 Å². The van der Waals surface area contributed by atoms with Gasteiger partial charge in [-0.2, -0.15) is 0 Å². The summed E-state index contributed by atoms with van der Waals surface area (Å²) in [4.78, 5) is 20.3. The van der Waals surface area contributed by atoms with Crippen LogP contribution in [0.25, 0.3) is 0 Å². The number of aliphatic hydroxyl groups is 1. The van der Waals surface area contributed by atoms with Crippen LogP contribution in [-0.4, -0.2) is 32.9 Å². The Kier molecular flexibility index (Phi) is 3.69. The first-order chi connectivity index (χ1) is 5.36. The highest BCUT2D eigenvalue weighted by molar-refractivity contribution is 5.76. The van der Waals surface area contributed by atoms with E-state index in [0.29, 0.717) is 0 Å². The maximum Gasteiger partial charge on any atom is 0.335 e. The molecule has 0 bridgehead atoms. The van der Waals surface area contributed by atoms with Crippen LogP contribution in [0.2, 0.25) is 0 Å². The second-order valence-corrected chi connectivity index (χ2v) is 2.83. The molecule has 0 heterocycles. The van der Waals surface area contributed by atoms with E-state index in [0.717, 1.165) is 6.92 Å². The van der Waals surface area contributed by atoms with Crippen LogP contribution in [0.3, 0.4) is 0 Å². The fraction of sp³-hybridized carbons (Fsp3) is 0.714. The molecular formula is C7H12O5. The highest BCUT2D eigenvalue weighted by Gasteiger charge is 2.29. The Hall–Kier alpha value is -1.10. The van der Waals surface area contributed by atoms with Crippen LogP contribution in [0.4, 0.5) is 0 Å². The normalized spacial score (nSPS) is 15.2. The average molecular weight is 176 g/mol. The zero-order valence-corrected chi connectivity index (χ0v) is 6.78. The van der Waals surface area contributed by atoms with E-state index < -0.39 is 17.5 Å². The van der Waals surface area contributed by atoms with Crippen LogP contribution in [-0.2, 0) is 9.59 Å². The van der Waals surface area contributed by atoms with Crippen LogP contribution < -0.4 is 0 Å². The molecule has 0 aromatic carbocycles. The van der Waals surface area contributed by atoms with Crippen molar-refractivity contribution >= 4 is 11.9 Å². The van der Waals surface area contributed by atoms with Gasteiger partial charge in [-0.05, 0) is 19.8 Å². The summed E-state index contributed by atoms with van der Waals surface area (Å²) in [5.41, 5.74) is -1.81. The second kappa shape index (κ2) is 4.06. The third-order valence-electron chi connectivity index (χ3n) is 1.51. The van der Waals surface area contributed by atoms with E-state index in [9.17, 15) is 9.59 Å². The lowest BCUT2D eigenvalue weighted by Crippen LogP contribution is -2.34. The van der Waals surface area contributed by atoms with Crippen molar-refractivity contribution in [3.8, 4) is 0 Å². The molecular weight excluding hydrogens is 164 g/mol. The van der Waals surface area contributed by atoms with Gasteiger partial charge in [0.05, 0.1) is 0 Å². The van der Waals surface area contributed by atoms with E-state index in [-0.39, 0.29) is 19.3 Å². The van der Waals surface area contributed by atoms with E-state index in [1.165, 1.54) is 0 Å². The molecule has 0 aliphatic heterocycles. The van der Waals surface area contributed by atoms with Gasteiger partial charge in [-0.25, -0.2) is 4.79 Å². The third kappa shape index (κ3) is 3.92. The molecule has 3 N–H and O–H groups in total. The number of hydrogen-bond acceptors (Lipinski definition) is 3. The number of carboxylic acid groups (broad SMARTS) is 2. The smallest absolute Gasteiger partial charge is 0.335 e. The van der Waals surface area contributed by atoms with Crippen molar-refractivity contribution in [3.05, 3.63) is 0 Å². The van der Waals surface area contributed by atoms with Crippen molar-refractivity contribution < 1.29 is 24.9 Å². The Morgan fingerprint density at radius 3 is 2.17 bits per heavy atom. The van der Waals surface area contributed by atoms with Crippen LogP contribution in [0.5, 0.6) is 0 Å². The fourth-order valence-electron chi connectivity index (χ4n) is 0.691. The zero-order valence-electron chi connectivity index (χ0n) is 6.78. The van der Waals surface area contributed by atoms with E-state index in [1.54, 1.807) is 0 Å². The van der Waals surface area contributed by atoms with Gasteiger partial charge in [0.25, 0.3) is 0 Å². The average Bonchev–Trinajstić information content (AvgIpc) is 1.85. The van der Waals surface area contributed by atoms with E-state index >= 15 is 0 Å². The predicted molar refractivity (Wildman–Crippen MR) is 39.7 cm³/mol. The van der Waals surface area contributed by atoms with Crippen LogP contribution in [0.1, 0.15) is 26.2 Å². The van der Waals surface area contributed by atoms with Gasteiger partial charge < -0.3 is 15.3 Å². The van der Waals surface area contributed by atoms with Gasteiger partial charge >= 0.3 is 11.9 Å². The highest BCUT2D eigenvalue weighted by atomic mass is 16.4. The summed E-state index contributed by atoms with van der Waals surface area (Å²) in [6.07, 6.45) is -0.00725. The molecule has 12 heavy (non-hydrogen) atoms. The SMILES string of the molecule is CC(O)(CCCC(=O)O)C(=O)O. The molecule has 1 unspecified atom stereocenters. The molecule has 0 saturated carbocycles. The highest BCUT2D eigenvalue weighted by Crippen LogP contribution is 2.13. The first-order valence-corrected chi connectivity index (χ1v) is 3.54. The van der Waals surface area contributed by atoms with Crippen molar-refractivity contribution in [2.24, 2.45) is 0 Å². The molecule has 0 aromatic heterocycles. The monoisotopic (exact) mass is 176 g/mol. The first-order valence-electron chi connectivity index (χ1n) is 3.54. The Morgan fingerprint density at radius 2 is 1.83 bits per heavy atom. The minimum Gasteiger partial charge on any atom is -0.481 e. The molecule has 0 rings (SSSR count). The van der Waals surface area contributed by atoms with Gasteiger partial charge in [-0.3, -0.25) is 4.79 Å². The summed E-state index contributed by atoms with van der Waals surface area (Å²) in [6.45, 7) is 1.15. The number of aliphatic carboxylic acids is 2. The molecule has 5 heteroatoms. The third-order valence-corrected chi connectivity index (χ3v) is 1.51. The lowest BCUT2D eigenvalue weighted by atomic mass is 9.99. The Balaban J connectivity index is 3.76. The quantitative estimate of drug-likeness (QED) is 0.551. The predicted octanol–water partition coefficient (Wildman–Crippen LogP) is 0.0769. The molecule has 1 atom stereocenters. The molecule has 0 aliphatic carbocycles. The van der Waals surface area contributed by atoms with Crippen LogP contribution in [0.15, 0.2) is 0 Å². The summed E-state index contributed by atoms with van der Waals surface area (Å²) in [6, 6.07) is 0. The lowest BCUT2D eigenvalue weighted by molar-refractivity contribution is -0.157. The number of carboxylic acids is 2. The molecule has 0 aliphatic rings. The van der Waals surface area contributed by atoms with Crippen molar-refractivity contribution in [1.82, 2.24) is 0 Å². The molecule has 0 fully saturated rings. The number of hydrogen-bond donors (Lipinski definition) is 3. The van der Waals surface area contributed by atoms with Gasteiger partial charge in [0, 0.05) is 6.42 Å². The van der Waals surface area contributed by atoms with Gasteiger partial charge in [0.1, 0.15) is 0 Å². The van der Waals surface area contributed by atoms with E-state index in [2.05, 4.69) is 0 Å². The Morgan fingerprint density at radius 1 is 1.33 bits per heavy atom. The molecule has 0 spiro atoms. The molecule has 5 nitrogen and oxygen atoms in total. The minimum absolute atomic E-state index is 0.0470. The molecule has 0 aromatic rings. The van der Waals surface area contributed by atoms with Crippen molar-refractivity contribution in [3.63, 3.8) is 0 Å². The van der Waals surface area contributed by atoms with Gasteiger partial charge in [0.2, 0.25) is 0 Å². The van der Waals surface area contributed by atoms with Crippen molar-refractivity contribution in [2.45, 2.75) is 31.8 Å². The zero-order chi connectivity index (χ0) is 9.78. The molecule has 70 valence electrons. The Bertz CT molecular complexity index is 184. The van der Waals surface area contributed by atoms with Crippen LogP contribution >= 0.6 is 0 Å². The van der Waals surface area contributed by atoms with Crippen molar-refractivity contribution in [2.75, 3.05) is 0 Å². The fourth-order valence-corrected chi connectivity index (χ4v) is 0.691.